The van der Waals surface area contributed by atoms with Crippen molar-refractivity contribution in [1.29, 1.82) is 0 Å². The fourth-order valence-corrected chi connectivity index (χ4v) is 2.45. The van der Waals surface area contributed by atoms with Crippen molar-refractivity contribution in [2.45, 2.75) is 38.8 Å². The van der Waals surface area contributed by atoms with Gasteiger partial charge in [0.1, 0.15) is 6.04 Å². The largest absolute Gasteiger partial charge is 0.453 e. The van der Waals surface area contributed by atoms with Gasteiger partial charge in [-0.25, -0.2) is 4.79 Å². The molecule has 0 aromatic heterocycles. The summed E-state index contributed by atoms with van der Waals surface area (Å²) in [6.07, 6.45) is 0.955. The van der Waals surface area contributed by atoms with Crippen molar-refractivity contribution in [1.82, 2.24) is 16.0 Å². The number of hydrogen-bond donors (Lipinski definition) is 3. The minimum atomic E-state index is -0.620. The Hall–Kier alpha value is -2.08. The van der Waals surface area contributed by atoms with Crippen LogP contribution in [0.5, 0.6) is 0 Å². The Bertz CT molecular complexity index is 505. The predicted octanol–water partition coefficient (Wildman–Crippen LogP) is 1.70. The lowest BCUT2D eigenvalue weighted by Gasteiger charge is -2.25. The van der Waals surface area contributed by atoms with Gasteiger partial charge >= 0.3 is 6.09 Å². The van der Waals surface area contributed by atoms with Crippen LogP contribution in [0.25, 0.3) is 0 Å². The average Bonchev–Trinajstić information content (AvgIpc) is 2.57. The van der Waals surface area contributed by atoms with Gasteiger partial charge in [-0.2, -0.15) is 0 Å². The van der Waals surface area contributed by atoms with Crippen LogP contribution in [-0.2, 0) is 16.0 Å². The maximum absolute atomic E-state index is 12.6. The van der Waals surface area contributed by atoms with Gasteiger partial charge in [-0.15, -0.1) is 0 Å². The van der Waals surface area contributed by atoms with E-state index >= 15 is 0 Å². The molecule has 0 fully saturated rings. The zero-order valence-corrected chi connectivity index (χ0v) is 15.0. The van der Waals surface area contributed by atoms with Gasteiger partial charge in [0.15, 0.2) is 0 Å². The van der Waals surface area contributed by atoms with E-state index in [0.717, 1.165) is 19.4 Å². The number of benzene rings is 1. The zero-order valence-electron chi connectivity index (χ0n) is 15.0. The third-order valence-electron chi connectivity index (χ3n) is 3.82. The Morgan fingerprint density at radius 2 is 1.79 bits per heavy atom. The molecule has 2 atom stereocenters. The number of carbonyl (C=O) groups excluding carboxylic acids is 2. The summed E-state index contributed by atoms with van der Waals surface area (Å²) in [4.78, 5) is 24.1. The van der Waals surface area contributed by atoms with Crippen LogP contribution in [0.4, 0.5) is 4.79 Å². The Kier molecular flexibility index (Phi) is 8.86. The van der Waals surface area contributed by atoms with E-state index in [2.05, 4.69) is 20.7 Å². The molecule has 0 saturated heterocycles. The smallest absolute Gasteiger partial charge is 0.407 e. The SMILES string of the molecule is CNCC[C@H](Cc1ccccc1)NC(=O)[C@@H](NC(=O)OC)C(C)C. The van der Waals surface area contributed by atoms with E-state index in [0.29, 0.717) is 0 Å². The molecule has 0 heterocycles. The molecular weight excluding hydrogens is 306 g/mol. The molecule has 0 aliphatic carbocycles. The summed E-state index contributed by atoms with van der Waals surface area (Å²) in [6.45, 7) is 4.58. The second-order valence-electron chi connectivity index (χ2n) is 6.15. The quantitative estimate of drug-likeness (QED) is 0.642. The number of ether oxygens (including phenoxy) is 1. The van der Waals surface area contributed by atoms with E-state index in [1.54, 1.807) is 0 Å². The number of hydrogen-bond acceptors (Lipinski definition) is 4. The molecule has 1 aromatic carbocycles. The molecule has 24 heavy (non-hydrogen) atoms. The first-order chi connectivity index (χ1) is 11.5. The van der Waals surface area contributed by atoms with Gasteiger partial charge in [0, 0.05) is 6.04 Å². The Labute approximate surface area is 144 Å². The first kappa shape index (κ1) is 20.0. The molecule has 0 aliphatic heterocycles. The van der Waals surface area contributed by atoms with E-state index < -0.39 is 12.1 Å². The number of methoxy groups -OCH3 is 1. The molecule has 0 spiro atoms. The van der Waals surface area contributed by atoms with Gasteiger partial charge in [-0.1, -0.05) is 44.2 Å². The highest BCUT2D eigenvalue weighted by Crippen LogP contribution is 2.08. The Balaban J connectivity index is 2.75. The Morgan fingerprint density at radius 3 is 2.33 bits per heavy atom. The summed E-state index contributed by atoms with van der Waals surface area (Å²) in [5.41, 5.74) is 1.17. The Morgan fingerprint density at radius 1 is 1.12 bits per heavy atom. The molecule has 0 bridgehead atoms. The van der Waals surface area contributed by atoms with Crippen molar-refractivity contribution >= 4 is 12.0 Å². The van der Waals surface area contributed by atoms with E-state index in [1.165, 1.54) is 12.7 Å². The standard InChI is InChI=1S/C18H29N3O3/c1-13(2)16(21-18(23)24-4)17(22)20-15(10-11-19-3)12-14-8-6-5-7-9-14/h5-9,13,15-16,19H,10-12H2,1-4H3,(H,20,22)(H,21,23)/t15-,16+/m1/s1. The van der Waals surface area contributed by atoms with Crippen molar-refractivity contribution in [3.8, 4) is 0 Å². The highest BCUT2D eigenvalue weighted by molar-refractivity contribution is 5.86. The van der Waals surface area contributed by atoms with Gasteiger partial charge < -0.3 is 20.7 Å². The molecule has 6 nitrogen and oxygen atoms in total. The molecule has 3 N–H and O–H groups in total. The molecule has 0 saturated carbocycles. The second kappa shape index (κ2) is 10.6. The van der Waals surface area contributed by atoms with Crippen LogP contribution < -0.4 is 16.0 Å². The third kappa shape index (κ3) is 7.00. The summed E-state index contributed by atoms with van der Waals surface area (Å²) >= 11 is 0. The van der Waals surface area contributed by atoms with Crippen LogP contribution in [0, 0.1) is 5.92 Å². The maximum Gasteiger partial charge on any atom is 0.407 e. The molecule has 0 radical (unpaired) electrons. The summed E-state index contributed by atoms with van der Waals surface area (Å²) in [5, 5.41) is 8.77. The molecule has 1 rings (SSSR count). The van der Waals surface area contributed by atoms with Crippen LogP contribution in [0.2, 0.25) is 0 Å². The van der Waals surface area contributed by atoms with E-state index in [9.17, 15) is 9.59 Å². The minimum absolute atomic E-state index is 0.00644. The fraction of sp³-hybridized carbons (Fsp3) is 0.556. The summed E-state index contributed by atoms with van der Waals surface area (Å²) in [7, 11) is 3.17. The fourth-order valence-electron chi connectivity index (χ4n) is 2.45. The van der Waals surface area contributed by atoms with Crippen LogP contribution >= 0.6 is 0 Å². The van der Waals surface area contributed by atoms with Crippen LogP contribution in [0.3, 0.4) is 0 Å². The first-order valence-corrected chi connectivity index (χ1v) is 8.31. The molecule has 134 valence electrons. The molecule has 0 aliphatic rings. The highest BCUT2D eigenvalue weighted by atomic mass is 16.5. The molecule has 0 unspecified atom stereocenters. The maximum atomic E-state index is 12.6. The second-order valence-corrected chi connectivity index (χ2v) is 6.15. The van der Waals surface area contributed by atoms with Crippen molar-refractivity contribution in [3.63, 3.8) is 0 Å². The number of alkyl carbamates (subject to hydrolysis) is 1. The minimum Gasteiger partial charge on any atom is -0.453 e. The average molecular weight is 335 g/mol. The van der Waals surface area contributed by atoms with Crippen LogP contribution in [-0.4, -0.2) is 44.8 Å². The summed E-state index contributed by atoms with van der Waals surface area (Å²) in [5.74, 6) is -0.224. The van der Waals surface area contributed by atoms with E-state index in [-0.39, 0.29) is 17.9 Å². The van der Waals surface area contributed by atoms with Crippen molar-refractivity contribution in [2.24, 2.45) is 5.92 Å². The highest BCUT2D eigenvalue weighted by Gasteiger charge is 2.26. The van der Waals surface area contributed by atoms with Crippen LogP contribution in [0.1, 0.15) is 25.8 Å². The first-order valence-electron chi connectivity index (χ1n) is 8.31. The van der Waals surface area contributed by atoms with E-state index in [1.807, 2.05) is 51.2 Å². The summed E-state index contributed by atoms with van der Waals surface area (Å²) in [6, 6.07) is 9.42. The van der Waals surface area contributed by atoms with Gasteiger partial charge in [0.2, 0.25) is 5.91 Å². The monoisotopic (exact) mass is 335 g/mol. The van der Waals surface area contributed by atoms with Crippen molar-refractivity contribution in [2.75, 3.05) is 20.7 Å². The number of carbonyl (C=O) groups is 2. The lowest BCUT2D eigenvalue weighted by atomic mass is 10.00. The normalized spacial score (nSPS) is 13.2. The number of amides is 2. The van der Waals surface area contributed by atoms with Gasteiger partial charge in [-0.3, -0.25) is 4.79 Å². The topological polar surface area (TPSA) is 79.5 Å². The van der Waals surface area contributed by atoms with Gasteiger partial charge in [0.05, 0.1) is 7.11 Å². The molecule has 6 heteroatoms. The predicted molar refractivity (Wildman–Crippen MR) is 94.8 cm³/mol. The van der Waals surface area contributed by atoms with Crippen molar-refractivity contribution in [3.05, 3.63) is 35.9 Å². The van der Waals surface area contributed by atoms with Crippen molar-refractivity contribution < 1.29 is 14.3 Å². The third-order valence-corrected chi connectivity index (χ3v) is 3.82. The lowest BCUT2D eigenvalue weighted by molar-refractivity contribution is -0.124. The zero-order chi connectivity index (χ0) is 17.9. The van der Waals surface area contributed by atoms with Gasteiger partial charge in [0.25, 0.3) is 0 Å². The number of nitrogens with one attached hydrogen (secondary N) is 3. The molecular formula is C18H29N3O3. The van der Waals surface area contributed by atoms with E-state index in [4.69, 9.17) is 0 Å². The molecule has 1 aromatic rings. The number of rotatable bonds is 9. The summed E-state index contributed by atoms with van der Waals surface area (Å²) < 4.78 is 4.61. The van der Waals surface area contributed by atoms with Gasteiger partial charge in [-0.05, 0) is 37.9 Å². The molecule has 2 amide bonds. The lowest BCUT2D eigenvalue weighted by Crippen LogP contribution is -2.52. The van der Waals surface area contributed by atoms with Crippen LogP contribution in [0.15, 0.2) is 30.3 Å².